The number of nitrogens with one attached hydrogen (secondary N) is 1. The highest BCUT2D eigenvalue weighted by Gasteiger charge is 2.07. The Morgan fingerprint density at radius 3 is 2.30 bits per heavy atom. The summed E-state index contributed by atoms with van der Waals surface area (Å²) >= 11 is 4.05. The summed E-state index contributed by atoms with van der Waals surface area (Å²) < 4.78 is 0. The molecule has 0 aromatic carbocycles. The molecule has 0 fully saturated rings. The number of hydrogen-bond acceptors (Lipinski definition) is 2. The van der Waals surface area contributed by atoms with E-state index in [0.29, 0.717) is 5.41 Å². The van der Waals surface area contributed by atoms with Gasteiger partial charge in [-0.3, -0.25) is 0 Å². The smallest absolute Gasteiger partial charge is 0.0387 e. The first kappa shape index (κ1) is 10.3. The van der Waals surface area contributed by atoms with Crippen LogP contribution in [0, 0.1) is 5.41 Å². The largest absolute Gasteiger partial charge is 0.308 e. The molecule has 2 heteroatoms. The lowest BCUT2D eigenvalue weighted by atomic mass is 9.91. The average molecular weight is 161 g/mol. The zero-order valence-electron chi connectivity index (χ0n) is 7.28. The quantitative estimate of drug-likeness (QED) is 0.366. The first-order chi connectivity index (χ1) is 4.56. The number of thiol groups is 1. The van der Waals surface area contributed by atoms with Crippen molar-refractivity contribution in [3.8, 4) is 0 Å². The molecule has 0 radical (unpaired) electrons. The summed E-state index contributed by atoms with van der Waals surface area (Å²) in [5.74, 6) is 0.796. The van der Waals surface area contributed by atoms with Crippen LogP contribution in [0.4, 0.5) is 0 Å². The van der Waals surface area contributed by atoms with E-state index in [1.807, 2.05) is 0 Å². The first-order valence-corrected chi connectivity index (χ1v) is 4.51. The lowest BCUT2D eigenvalue weighted by Gasteiger charge is -2.17. The maximum absolute atomic E-state index is 4.05. The molecule has 0 aromatic heterocycles. The fourth-order valence-electron chi connectivity index (χ4n) is 0.823. The molecular formula is C8H19NS. The minimum Gasteiger partial charge on any atom is -0.308 e. The Kier molecular flexibility index (Phi) is 5.18. The van der Waals surface area contributed by atoms with Gasteiger partial charge < -0.3 is 5.32 Å². The maximum atomic E-state index is 4.05. The van der Waals surface area contributed by atoms with Crippen molar-refractivity contribution in [2.45, 2.75) is 33.6 Å². The highest BCUT2D eigenvalue weighted by molar-refractivity contribution is 7.80. The normalized spacial score (nSPS) is 12.0. The molecule has 0 heterocycles. The Bertz CT molecular complexity index is 75.8. The van der Waals surface area contributed by atoms with Crippen molar-refractivity contribution in [2.24, 2.45) is 5.41 Å². The molecular weight excluding hydrogens is 142 g/mol. The van der Waals surface area contributed by atoms with E-state index in [-0.39, 0.29) is 0 Å². The molecule has 0 aliphatic heterocycles. The first-order valence-electron chi connectivity index (χ1n) is 3.88. The Balaban J connectivity index is 3.04. The molecule has 0 atom stereocenters. The van der Waals surface area contributed by atoms with Crippen LogP contribution in [0.15, 0.2) is 0 Å². The van der Waals surface area contributed by atoms with Gasteiger partial charge in [0.05, 0.1) is 0 Å². The molecule has 0 spiro atoms. The SMILES string of the molecule is CC(C)(C)CCCNCS. The standard InChI is InChI=1S/C8H19NS/c1-8(2,3)5-4-6-9-7-10/h9-10H,4-7H2,1-3H3. The monoisotopic (exact) mass is 161 g/mol. The van der Waals surface area contributed by atoms with E-state index < -0.39 is 0 Å². The van der Waals surface area contributed by atoms with E-state index in [4.69, 9.17) is 0 Å². The van der Waals surface area contributed by atoms with Crippen molar-refractivity contribution in [2.75, 3.05) is 12.4 Å². The molecule has 0 bridgehead atoms. The van der Waals surface area contributed by atoms with Crippen LogP contribution in [0.5, 0.6) is 0 Å². The molecule has 1 N–H and O–H groups in total. The van der Waals surface area contributed by atoms with Crippen LogP contribution in [-0.4, -0.2) is 12.4 Å². The van der Waals surface area contributed by atoms with Crippen LogP contribution in [0.2, 0.25) is 0 Å². The van der Waals surface area contributed by atoms with Crippen molar-refractivity contribution in [3.63, 3.8) is 0 Å². The minimum atomic E-state index is 0.484. The molecule has 0 aromatic rings. The van der Waals surface area contributed by atoms with Crippen LogP contribution in [0.1, 0.15) is 33.6 Å². The predicted molar refractivity (Wildman–Crippen MR) is 50.5 cm³/mol. The molecule has 0 saturated heterocycles. The van der Waals surface area contributed by atoms with Crippen molar-refractivity contribution >= 4 is 12.6 Å². The van der Waals surface area contributed by atoms with Crippen LogP contribution < -0.4 is 5.32 Å². The van der Waals surface area contributed by atoms with E-state index in [0.717, 1.165) is 12.4 Å². The highest BCUT2D eigenvalue weighted by atomic mass is 32.1. The molecule has 0 unspecified atom stereocenters. The molecule has 1 nitrogen and oxygen atoms in total. The summed E-state index contributed by atoms with van der Waals surface area (Å²) in [4.78, 5) is 0. The van der Waals surface area contributed by atoms with Crippen LogP contribution in [0.3, 0.4) is 0 Å². The van der Waals surface area contributed by atoms with Gasteiger partial charge in [0.2, 0.25) is 0 Å². The third kappa shape index (κ3) is 8.31. The van der Waals surface area contributed by atoms with Gasteiger partial charge in [-0.2, -0.15) is 12.6 Å². The van der Waals surface area contributed by atoms with Crippen molar-refractivity contribution in [3.05, 3.63) is 0 Å². The fraction of sp³-hybridized carbons (Fsp3) is 1.00. The number of rotatable bonds is 4. The van der Waals surface area contributed by atoms with Gasteiger partial charge in [-0.05, 0) is 24.8 Å². The summed E-state index contributed by atoms with van der Waals surface area (Å²) in [6, 6.07) is 0. The Morgan fingerprint density at radius 1 is 1.30 bits per heavy atom. The average Bonchev–Trinajstić information content (AvgIpc) is 1.78. The molecule has 10 heavy (non-hydrogen) atoms. The predicted octanol–water partition coefficient (Wildman–Crippen LogP) is 2.29. The van der Waals surface area contributed by atoms with Crippen molar-refractivity contribution in [1.29, 1.82) is 0 Å². The van der Waals surface area contributed by atoms with Gasteiger partial charge in [-0.25, -0.2) is 0 Å². The minimum absolute atomic E-state index is 0.484. The molecule has 0 saturated carbocycles. The van der Waals surface area contributed by atoms with E-state index in [1.54, 1.807) is 0 Å². The van der Waals surface area contributed by atoms with Gasteiger partial charge in [-0.1, -0.05) is 20.8 Å². The lowest BCUT2D eigenvalue weighted by Crippen LogP contribution is -2.15. The molecule has 0 aliphatic carbocycles. The van der Waals surface area contributed by atoms with E-state index in [9.17, 15) is 0 Å². The summed E-state index contributed by atoms with van der Waals surface area (Å²) in [6.45, 7) is 7.91. The van der Waals surface area contributed by atoms with E-state index in [2.05, 4.69) is 38.7 Å². The Morgan fingerprint density at radius 2 is 1.90 bits per heavy atom. The summed E-state index contributed by atoms with van der Waals surface area (Å²) in [7, 11) is 0. The van der Waals surface area contributed by atoms with Crippen LogP contribution >= 0.6 is 12.6 Å². The second-order valence-corrected chi connectivity index (χ2v) is 4.14. The zero-order valence-corrected chi connectivity index (χ0v) is 8.17. The van der Waals surface area contributed by atoms with Gasteiger partial charge in [0.15, 0.2) is 0 Å². The van der Waals surface area contributed by atoms with Gasteiger partial charge in [0.1, 0.15) is 0 Å². The van der Waals surface area contributed by atoms with Crippen LogP contribution in [-0.2, 0) is 0 Å². The van der Waals surface area contributed by atoms with Gasteiger partial charge in [-0.15, -0.1) is 0 Å². The van der Waals surface area contributed by atoms with Gasteiger partial charge in [0, 0.05) is 5.88 Å². The second-order valence-electron chi connectivity index (χ2n) is 3.82. The molecule has 0 rings (SSSR count). The van der Waals surface area contributed by atoms with Gasteiger partial charge >= 0.3 is 0 Å². The summed E-state index contributed by atoms with van der Waals surface area (Å²) in [5.41, 5.74) is 0.484. The third-order valence-corrected chi connectivity index (χ3v) is 1.62. The molecule has 0 amide bonds. The summed E-state index contributed by atoms with van der Waals surface area (Å²) in [6.07, 6.45) is 2.54. The topological polar surface area (TPSA) is 12.0 Å². The number of hydrogen-bond donors (Lipinski definition) is 2. The Hall–Kier alpha value is 0.310. The van der Waals surface area contributed by atoms with E-state index in [1.165, 1.54) is 12.8 Å². The fourth-order valence-corrected chi connectivity index (χ4v) is 0.981. The lowest BCUT2D eigenvalue weighted by molar-refractivity contribution is 0.363. The second kappa shape index (κ2) is 5.03. The molecule has 0 aliphatic rings. The van der Waals surface area contributed by atoms with E-state index >= 15 is 0 Å². The Labute approximate surface area is 70.0 Å². The van der Waals surface area contributed by atoms with Gasteiger partial charge in [0.25, 0.3) is 0 Å². The third-order valence-electron chi connectivity index (χ3n) is 1.39. The zero-order chi connectivity index (χ0) is 8.04. The van der Waals surface area contributed by atoms with Crippen molar-refractivity contribution in [1.82, 2.24) is 5.32 Å². The highest BCUT2D eigenvalue weighted by Crippen LogP contribution is 2.19. The molecule has 62 valence electrons. The maximum Gasteiger partial charge on any atom is 0.0387 e. The summed E-state index contributed by atoms with van der Waals surface area (Å²) in [5, 5.41) is 3.19. The van der Waals surface area contributed by atoms with Crippen molar-refractivity contribution < 1.29 is 0 Å². The van der Waals surface area contributed by atoms with Crippen LogP contribution in [0.25, 0.3) is 0 Å².